The number of carbonyl (C=O) groups is 1. The Morgan fingerprint density at radius 2 is 2.17 bits per heavy atom. The SMILES string of the molecule is Cc1nc(NCC(F)(F)C(F)F)ncc1C(=O)O. The maximum Gasteiger partial charge on any atom is 0.339 e. The predicted octanol–water partition coefficient (Wildman–Crippen LogP) is 1.80. The first-order valence-electron chi connectivity index (χ1n) is 4.71. The monoisotopic (exact) mass is 267 g/mol. The third kappa shape index (κ3) is 3.28. The zero-order valence-electron chi connectivity index (χ0n) is 9.12. The summed E-state index contributed by atoms with van der Waals surface area (Å²) in [7, 11) is 0. The van der Waals surface area contributed by atoms with E-state index >= 15 is 0 Å². The number of aromatic nitrogens is 2. The summed E-state index contributed by atoms with van der Waals surface area (Å²) >= 11 is 0. The molecule has 18 heavy (non-hydrogen) atoms. The molecule has 0 aliphatic rings. The van der Waals surface area contributed by atoms with Gasteiger partial charge in [-0.2, -0.15) is 8.78 Å². The van der Waals surface area contributed by atoms with Gasteiger partial charge in [0, 0.05) is 6.20 Å². The summed E-state index contributed by atoms with van der Waals surface area (Å²) in [6.45, 7) is -0.00189. The van der Waals surface area contributed by atoms with Crippen molar-refractivity contribution in [2.24, 2.45) is 0 Å². The fraction of sp³-hybridized carbons (Fsp3) is 0.444. The normalized spacial score (nSPS) is 11.7. The number of carboxylic acids is 1. The van der Waals surface area contributed by atoms with E-state index in [0.29, 0.717) is 0 Å². The van der Waals surface area contributed by atoms with Crippen molar-refractivity contribution >= 4 is 11.9 Å². The number of aryl methyl sites for hydroxylation is 1. The van der Waals surface area contributed by atoms with Crippen LogP contribution in [0.3, 0.4) is 0 Å². The molecular weight excluding hydrogens is 258 g/mol. The Morgan fingerprint density at radius 1 is 1.56 bits per heavy atom. The smallest absolute Gasteiger partial charge is 0.339 e. The van der Waals surface area contributed by atoms with Crippen LogP contribution in [0.25, 0.3) is 0 Å². The van der Waals surface area contributed by atoms with Crippen molar-refractivity contribution in [2.45, 2.75) is 19.3 Å². The van der Waals surface area contributed by atoms with E-state index in [0.717, 1.165) is 6.20 Å². The van der Waals surface area contributed by atoms with Crippen LogP contribution >= 0.6 is 0 Å². The number of nitrogens with zero attached hydrogens (tertiary/aromatic N) is 2. The van der Waals surface area contributed by atoms with Crippen molar-refractivity contribution in [3.63, 3.8) is 0 Å². The van der Waals surface area contributed by atoms with Gasteiger partial charge in [-0.3, -0.25) is 0 Å². The molecule has 0 aliphatic carbocycles. The second-order valence-corrected chi connectivity index (χ2v) is 3.41. The summed E-state index contributed by atoms with van der Waals surface area (Å²) in [5.41, 5.74) is -0.151. The van der Waals surface area contributed by atoms with E-state index in [2.05, 4.69) is 9.97 Å². The Morgan fingerprint density at radius 3 is 2.61 bits per heavy atom. The number of alkyl halides is 4. The molecule has 9 heteroatoms. The fourth-order valence-corrected chi connectivity index (χ4v) is 1.04. The lowest BCUT2D eigenvalue weighted by atomic mass is 10.2. The van der Waals surface area contributed by atoms with Crippen LogP contribution in [0.15, 0.2) is 6.20 Å². The number of hydrogen-bond donors (Lipinski definition) is 2. The van der Waals surface area contributed by atoms with Crippen molar-refractivity contribution in [1.29, 1.82) is 0 Å². The summed E-state index contributed by atoms with van der Waals surface area (Å²) < 4.78 is 48.9. The molecule has 0 atom stereocenters. The Hall–Kier alpha value is -1.93. The van der Waals surface area contributed by atoms with Gasteiger partial charge < -0.3 is 10.4 Å². The van der Waals surface area contributed by atoms with Crippen LogP contribution in [0.4, 0.5) is 23.5 Å². The van der Waals surface area contributed by atoms with Gasteiger partial charge in [0.15, 0.2) is 0 Å². The number of halogens is 4. The minimum atomic E-state index is -4.21. The first-order chi connectivity index (χ1) is 8.24. The lowest BCUT2D eigenvalue weighted by Gasteiger charge is -2.15. The van der Waals surface area contributed by atoms with Crippen LogP contribution in [0.2, 0.25) is 0 Å². The average Bonchev–Trinajstić information content (AvgIpc) is 2.25. The minimum absolute atomic E-state index is 0.0420. The van der Waals surface area contributed by atoms with Gasteiger partial charge in [0.1, 0.15) is 0 Å². The van der Waals surface area contributed by atoms with E-state index in [1.54, 1.807) is 0 Å². The van der Waals surface area contributed by atoms with E-state index in [1.165, 1.54) is 6.92 Å². The van der Waals surface area contributed by atoms with Gasteiger partial charge >= 0.3 is 18.3 Å². The van der Waals surface area contributed by atoms with Gasteiger partial charge in [0.05, 0.1) is 17.8 Å². The molecule has 0 saturated carbocycles. The molecule has 0 aromatic carbocycles. The average molecular weight is 267 g/mol. The van der Waals surface area contributed by atoms with E-state index in [9.17, 15) is 22.4 Å². The van der Waals surface area contributed by atoms with Crippen molar-refractivity contribution in [1.82, 2.24) is 9.97 Å². The highest BCUT2D eigenvalue weighted by Crippen LogP contribution is 2.22. The van der Waals surface area contributed by atoms with Crippen LogP contribution in [0.5, 0.6) is 0 Å². The van der Waals surface area contributed by atoms with Crippen molar-refractivity contribution in [2.75, 3.05) is 11.9 Å². The Bertz CT molecular complexity index is 453. The van der Waals surface area contributed by atoms with Crippen LogP contribution in [0, 0.1) is 6.92 Å². The second kappa shape index (κ2) is 5.15. The maximum atomic E-state index is 12.6. The van der Waals surface area contributed by atoms with Crippen molar-refractivity contribution < 1.29 is 27.5 Å². The molecule has 0 unspecified atom stereocenters. The third-order valence-corrected chi connectivity index (χ3v) is 2.01. The molecule has 100 valence electrons. The van der Waals surface area contributed by atoms with E-state index in [-0.39, 0.29) is 17.2 Å². The van der Waals surface area contributed by atoms with Gasteiger partial charge in [0.2, 0.25) is 5.95 Å². The molecule has 0 radical (unpaired) electrons. The highest BCUT2D eigenvalue weighted by Gasteiger charge is 2.40. The molecule has 0 bridgehead atoms. The number of aromatic carboxylic acids is 1. The zero-order chi connectivity index (χ0) is 13.9. The van der Waals surface area contributed by atoms with E-state index in [1.807, 2.05) is 5.32 Å². The zero-order valence-corrected chi connectivity index (χ0v) is 9.12. The molecule has 1 aromatic heterocycles. The minimum Gasteiger partial charge on any atom is -0.478 e. The molecule has 5 nitrogen and oxygen atoms in total. The van der Waals surface area contributed by atoms with Gasteiger partial charge in [-0.15, -0.1) is 0 Å². The molecule has 1 heterocycles. The molecule has 1 rings (SSSR count). The molecule has 0 spiro atoms. The van der Waals surface area contributed by atoms with Gasteiger partial charge in [-0.1, -0.05) is 0 Å². The van der Waals surface area contributed by atoms with Crippen LogP contribution in [-0.4, -0.2) is 39.9 Å². The molecule has 0 amide bonds. The van der Waals surface area contributed by atoms with Crippen molar-refractivity contribution in [3.8, 4) is 0 Å². The van der Waals surface area contributed by atoms with E-state index < -0.39 is 24.9 Å². The highest BCUT2D eigenvalue weighted by atomic mass is 19.3. The fourth-order valence-electron chi connectivity index (χ4n) is 1.04. The van der Waals surface area contributed by atoms with Gasteiger partial charge in [-0.25, -0.2) is 23.5 Å². The van der Waals surface area contributed by atoms with Gasteiger partial charge in [0.25, 0.3) is 0 Å². The summed E-state index contributed by atoms with van der Waals surface area (Å²) in [5, 5.41) is 10.6. The molecule has 2 N–H and O–H groups in total. The molecule has 0 aliphatic heterocycles. The van der Waals surface area contributed by atoms with Crippen molar-refractivity contribution in [3.05, 3.63) is 17.5 Å². The Balaban J connectivity index is 2.76. The van der Waals surface area contributed by atoms with E-state index in [4.69, 9.17) is 5.11 Å². The topological polar surface area (TPSA) is 75.1 Å². The Labute approximate surface area is 98.9 Å². The quantitative estimate of drug-likeness (QED) is 0.795. The lowest BCUT2D eigenvalue weighted by Crippen LogP contribution is -2.35. The Kier molecular flexibility index (Phi) is 4.04. The first kappa shape index (κ1) is 14.1. The summed E-state index contributed by atoms with van der Waals surface area (Å²) in [4.78, 5) is 17.6. The highest BCUT2D eigenvalue weighted by molar-refractivity contribution is 5.88. The molecular formula is C9H9F4N3O2. The molecule has 0 fully saturated rings. The van der Waals surface area contributed by atoms with Gasteiger partial charge in [-0.05, 0) is 6.92 Å². The number of nitrogens with one attached hydrogen (secondary N) is 1. The number of rotatable bonds is 5. The van der Waals surface area contributed by atoms with Crippen LogP contribution in [0.1, 0.15) is 16.1 Å². The second-order valence-electron chi connectivity index (χ2n) is 3.41. The van der Waals surface area contributed by atoms with Crippen LogP contribution < -0.4 is 5.32 Å². The number of anilines is 1. The number of carboxylic acid groups (broad SMARTS) is 1. The first-order valence-corrected chi connectivity index (χ1v) is 4.71. The molecule has 0 saturated heterocycles. The standard InChI is InChI=1S/C9H9F4N3O2/c1-4-5(6(17)18)2-14-8(16-4)15-3-9(12,13)7(10)11/h2,7H,3H2,1H3,(H,17,18)(H,14,15,16). The largest absolute Gasteiger partial charge is 0.478 e. The predicted molar refractivity (Wildman–Crippen MR) is 53.2 cm³/mol. The number of hydrogen-bond acceptors (Lipinski definition) is 4. The lowest BCUT2D eigenvalue weighted by molar-refractivity contribution is -0.117. The maximum absolute atomic E-state index is 12.6. The summed E-state index contributed by atoms with van der Waals surface area (Å²) in [5.74, 6) is -5.81. The summed E-state index contributed by atoms with van der Waals surface area (Å²) in [6, 6.07) is 0. The third-order valence-electron chi connectivity index (χ3n) is 2.01. The van der Waals surface area contributed by atoms with Crippen LogP contribution in [-0.2, 0) is 0 Å². The summed E-state index contributed by atoms with van der Waals surface area (Å²) in [6.07, 6.45) is -2.89. The molecule has 1 aromatic rings.